The number of carbonyl (C=O) groups is 1. The number of carbonyl (C=O) groups excluding carboxylic acids is 1. The Hall–Kier alpha value is -1.59. The fourth-order valence-corrected chi connectivity index (χ4v) is 4.04. The molecule has 0 bridgehead atoms. The maximum Gasteiger partial charge on any atom is 0.240 e. The van der Waals surface area contributed by atoms with Crippen LogP contribution in [0.2, 0.25) is 0 Å². The highest BCUT2D eigenvalue weighted by Crippen LogP contribution is 2.20. The molecule has 1 aromatic rings. The van der Waals surface area contributed by atoms with E-state index in [-0.39, 0.29) is 6.04 Å². The quantitative estimate of drug-likeness (QED) is 0.749. The molecule has 1 atom stereocenters. The minimum absolute atomic E-state index is 0.122. The zero-order valence-electron chi connectivity index (χ0n) is 16.1. The number of likely N-dealkylation sites (tertiary alicyclic amines) is 1. The Morgan fingerprint density at radius 1 is 1.04 bits per heavy atom. The largest absolute Gasteiger partial charge is 0.492 e. The fourth-order valence-electron chi connectivity index (χ4n) is 4.04. The molecule has 5 nitrogen and oxygen atoms in total. The lowest BCUT2D eigenvalue weighted by molar-refractivity contribution is -0.140. The molecule has 0 spiro atoms. The molecule has 0 saturated carbocycles. The van der Waals surface area contributed by atoms with Crippen LogP contribution in [0.25, 0.3) is 0 Å². The topological polar surface area (TPSA) is 36.0 Å². The number of piperazine rings is 1. The van der Waals surface area contributed by atoms with Crippen molar-refractivity contribution < 1.29 is 9.53 Å². The first-order valence-electron chi connectivity index (χ1n) is 10.2. The molecule has 2 aliphatic rings. The SMILES string of the molecule is CCCN1CCCCC1C(=O)N1CCN(CCOc2ccccc2)CC1. The molecule has 26 heavy (non-hydrogen) atoms. The molecule has 2 fully saturated rings. The molecule has 1 unspecified atom stereocenters. The minimum Gasteiger partial charge on any atom is -0.492 e. The first kappa shape index (κ1) is 19.2. The molecule has 0 aliphatic carbocycles. The average molecular weight is 360 g/mol. The predicted molar refractivity (Wildman–Crippen MR) is 104 cm³/mol. The summed E-state index contributed by atoms with van der Waals surface area (Å²) in [6, 6.07) is 10.1. The summed E-state index contributed by atoms with van der Waals surface area (Å²) in [5, 5.41) is 0. The molecule has 1 amide bonds. The van der Waals surface area contributed by atoms with Crippen LogP contribution in [0.4, 0.5) is 0 Å². The van der Waals surface area contributed by atoms with E-state index < -0.39 is 0 Å². The fraction of sp³-hybridized carbons (Fsp3) is 0.667. The number of para-hydroxylation sites is 1. The van der Waals surface area contributed by atoms with E-state index in [9.17, 15) is 4.79 Å². The molecule has 5 heteroatoms. The van der Waals surface area contributed by atoms with Crippen LogP contribution in [0.1, 0.15) is 32.6 Å². The summed E-state index contributed by atoms with van der Waals surface area (Å²) in [6.45, 7) is 9.55. The second kappa shape index (κ2) is 9.93. The van der Waals surface area contributed by atoms with Crippen molar-refractivity contribution in [2.75, 3.05) is 52.4 Å². The van der Waals surface area contributed by atoms with Gasteiger partial charge in [0.2, 0.25) is 5.91 Å². The van der Waals surface area contributed by atoms with Gasteiger partial charge in [0, 0.05) is 32.7 Å². The van der Waals surface area contributed by atoms with Crippen LogP contribution < -0.4 is 4.74 Å². The van der Waals surface area contributed by atoms with Gasteiger partial charge >= 0.3 is 0 Å². The Balaban J connectivity index is 1.40. The van der Waals surface area contributed by atoms with Crippen molar-refractivity contribution >= 4 is 5.91 Å². The lowest BCUT2D eigenvalue weighted by atomic mass is 10.00. The van der Waals surface area contributed by atoms with Gasteiger partial charge in [0.15, 0.2) is 0 Å². The van der Waals surface area contributed by atoms with Crippen molar-refractivity contribution in [3.63, 3.8) is 0 Å². The highest BCUT2D eigenvalue weighted by Gasteiger charge is 2.32. The monoisotopic (exact) mass is 359 g/mol. The first-order valence-corrected chi connectivity index (χ1v) is 10.2. The van der Waals surface area contributed by atoms with Crippen LogP contribution in [0.3, 0.4) is 0 Å². The number of ether oxygens (including phenoxy) is 1. The molecule has 3 rings (SSSR count). The van der Waals surface area contributed by atoms with Gasteiger partial charge in [0.05, 0.1) is 6.04 Å². The summed E-state index contributed by atoms with van der Waals surface area (Å²) < 4.78 is 5.79. The smallest absolute Gasteiger partial charge is 0.240 e. The van der Waals surface area contributed by atoms with Gasteiger partial charge in [-0.1, -0.05) is 31.5 Å². The maximum absolute atomic E-state index is 13.0. The summed E-state index contributed by atoms with van der Waals surface area (Å²) in [4.78, 5) is 19.9. The number of rotatable bonds is 7. The highest BCUT2D eigenvalue weighted by atomic mass is 16.5. The van der Waals surface area contributed by atoms with Gasteiger partial charge in [-0.3, -0.25) is 14.6 Å². The van der Waals surface area contributed by atoms with Gasteiger partial charge in [-0.05, 0) is 44.5 Å². The third-order valence-electron chi connectivity index (χ3n) is 5.51. The second-order valence-corrected chi connectivity index (χ2v) is 7.38. The van der Waals surface area contributed by atoms with Gasteiger partial charge < -0.3 is 9.64 Å². The molecule has 0 radical (unpaired) electrons. The Morgan fingerprint density at radius 2 is 1.81 bits per heavy atom. The van der Waals surface area contributed by atoms with Crippen molar-refractivity contribution in [1.29, 1.82) is 0 Å². The zero-order valence-corrected chi connectivity index (χ0v) is 16.1. The van der Waals surface area contributed by atoms with Crippen molar-refractivity contribution in [2.45, 2.75) is 38.6 Å². The van der Waals surface area contributed by atoms with E-state index in [0.717, 1.165) is 64.4 Å². The van der Waals surface area contributed by atoms with Crippen LogP contribution in [0.5, 0.6) is 5.75 Å². The average Bonchev–Trinajstić information content (AvgIpc) is 2.70. The molecule has 2 saturated heterocycles. The number of amides is 1. The number of nitrogens with zero attached hydrogens (tertiary/aromatic N) is 3. The summed E-state index contributed by atoms with van der Waals surface area (Å²) in [6.07, 6.45) is 4.58. The second-order valence-electron chi connectivity index (χ2n) is 7.38. The third-order valence-corrected chi connectivity index (χ3v) is 5.51. The van der Waals surface area contributed by atoms with Gasteiger partial charge in [0.1, 0.15) is 12.4 Å². The predicted octanol–water partition coefficient (Wildman–Crippen LogP) is 2.47. The molecule has 1 aromatic carbocycles. The van der Waals surface area contributed by atoms with Crippen LogP contribution >= 0.6 is 0 Å². The molecule has 2 heterocycles. The molecular weight excluding hydrogens is 326 g/mol. The van der Waals surface area contributed by atoms with Crippen LogP contribution in [0.15, 0.2) is 30.3 Å². The van der Waals surface area contributed by atoms with Gasteiger partial charge in [-0.15, -0.1) is 0 Å². The van der Waals surface area contributed by atoms with Crippen LogP contribution in [-0.4, -0.2) is 79.1 Å². The van der Waals surface area contributed by atoms with E-state index in [2.05, 4.69) is 21.6 Å². The normalized spacial score (nSPS) is 22.3. The Morgan fingerprint density at radius 3 is 2.54 bits per heavy atom. The number of hydrogen-bond donors (Lipinski definition) is 0. The van der Waals surface area contributed by atoms with Crippen LogP contribution in [0, 0.1) is 0 Å². The number of benzene rings is 1. The molecule has 2 aliphatic heterocycles. The van der Waals surface area contributed by atoms with Gasteiger partial charge in [-0.2, -0.15) is 0 Å². The van der Waals surface area contributed by atoms with Crippen molar-refractivity contribution in [3.8, 4) is 5.75 Å². The summed E-state index contributed by atoms with van der Waals surface area (Å²) in [5.41, 5.74) is 0. The van der Waals surface area contributed by atoms with Crippen LogP contribution in [-0.2, 0) is 4.79 Å². The third kappa shape index (κ3) is 5.21. The van der Waals surface area contributed by atoms with E-state index in [0.29, 0.717) is 12.5 Å². The van der Waals surface area contributed by atoms with E-state index in [1.54, 1.807) is 0 Å². The minimum atomic E-state index is 0.122. The van der Waals surface area contributed by atoms with Crippen molar-refractivity contribution in [1.82, 2.24) is 14.7 Å². The number of hydrogen-bond acceptors (Lipinski definition) is 4. The van der Waals surface area contributed by atoms with E-state index in [1.807, 2.05) is 30.3 Å². The standard InChI is InChI=1S/C21H33N3O2/c1-2-11-23-12-7-6-10-20(23)21(25)24-15-13-22(14-16-24)17-18-26-19-8-4-3-5-9-19/h3-5,8-9,20H,2,6-7,10-18H2,1H3. The Kier molecular flexibility index (Phi) is 7.32. The van der Waals surface area contributed by atoms with E-state index >= 15 is 0 Å². The highest BCUT2D eigenvalue weighted by molar-refractivity contribution is 5.82. The van der Waals surface area contributed by atoms with Crippen molar-refractivity contribution in [3.05, 3.63) is 30.3 Å². The van der Waals surface area contributed by atoms with Gasteiger partial charge in [0.25, 0.3) is 0 Å². The molecular formula is C21H33N3O2. The lowest BCUT2D eigenvalue weighted by Gasteiger charge is -2.40. The van der Waals surface area contributed by atoms with E-state index in [1.165, 1.54) is 12.8 Å². The zero-order chi connectivity index (χ0) is 18.2. The molecule has 0 aromatic heterocycles. The first-order chi connectivity index (χ1) is 12.8. The lowest BCUT2D eigenvalue weighted by Crippen LogP contribution is -2.56. The molecule has 0 N–H and O–H groups in total. The molecule has 144 valence electrons. The summed E-state index contributed by atoms with van der Waals surface area (Å²) >= 11 is 0. The Labute approximate surface area is 157 Å². The number of piperidine rings is 1. The maximum atomic E-state index is 13.0. The van der Waals surface area contributed by atoms with E-state index in [4.69, 9.17) is 4.74 Å². The Bertz CT molecular complexity index is 541. The summed E-state index contributed by atoms with van der Waals surface area (Å²) in [7, 11) is 0. The van der Waals surface area contributed by atoms with Gasteiger partial charge in [-0.25, -0.2) is 0 Å². The summed E-state index contributed by atoms with van der Waals surface area (Å²) in [5.74, 6) is 1.29. The van der Waals surface area contributed by atoms with Crippen molar-refractivity contribution in [2.24, 2.45) is 0 Å².